The zero-order valence-electron chi connectivity index (χ0n) is 23.7. The standard InChI is InChI=1S/C30H30F2N8O4/c1-2-17-13-18(3-4-20(17)29(42)35-8-9-36-30(43)22-14-19(41)15-37-22)39-27-28-38-16-23(40(28)11-10-34-27)21-5-6-24(44-12-7-33)26(32)25(21)31/h3-6,10-11,13,16,19,22,37,41H,2,8-9,12,14-15H2,1H3,(H,34,39)(H,35,42)(H,36,43)/t19-,22+/m1/s1. The number of aryl methyl sites for hydroxylation is 1. The molecule has 2 aromatic carbocycles. The van der Waals surface area contributed by atoms with Gasteiger partial charge in [-0.3, -0.25) is 14.0 Å². The lowest BCUT2D eigenvalue weighted by molar-refractivity contribution is -0.122. The van der Waals surface area contributed by atoms with Crippen LogP contribution in [0.4, 0.5) is 20.3 Å². The Bertz CT molecular complexity index is 1740. The van der Waals surface area contributed by atoms with Gasteiger partial charge in [-0.15, -0.1) is 0 Å². The predicted octanol–water partition coefficient (Wildman–Crippen LogP) is 2.45. The topological polar surface area (TPSA) is 166 Å². The number of aromatic nitrogens is 3. The number of carbonyl (C=O) groups excluding carboxylic acids is 2. The van der Waals surface area contributed by atoms with Crippen molar-refractivity contribution in [3.8, 4) is 23.1 Å². The summed E-state index contributed by atoms with van der Waals surface area (Å²) in [6.45, 7) is 2.37. The van der Waals surface area contributed by atoms with Crippen molar-refractivity contribution in [3.63, 3.8) is 0 Å². The van der Waals surface area contributed by atoms with Crippen LogP contribution in [0, 0.1) is 23.0 Å². The molecule has 5 N–H and O–H groups in total. The predicted molar refractivity (Wildman–Crippen MR) is 156 cm³/mol. The Labute approximate surface area is 251 Å². The summed E-state index contributed by atoms with van der Waals surface area (Å²) >= 11 is 0. The van der Waals surface area contributed by atoms with E-state index in [0.29, 0.717) is 42.1 Å². The number of aliphatic hydroxyl groups is 1. The number of aliphatic hydroxyl groups excluding tert-OH is 1. The SMILES string of the molecule is CCc1cc(Nc2nccn3c(-c4ccc(OCC#N)c(F)c4F)cnc23)ccc1C(=O)NCCNC(=O)[C@@H]1C[C@@H](O)CN1. The van der Waals surface area contributed by atoms with Crippen molar-refractivity contribution in [2.24, 2.45) is 0 Å². The molecule has 1 aliphatic heterocycles. The molecule has 0 bridgehead atoms. The molecule has 2 amide bonds. The second-order valence-corrected chi connectivity index (χ2v) is 10.0. The minimum absolute atomic E-state index is 0.0475. The molecule has 0 saturated carbocycles. The number of imidazole rings is 1. The van der Waals surface area contributed by atoms with E-state index in [4.69, 9.17) is 10.00 Å². The highest BCUT2D eigenvalue weighted by Crippen LogP contribution is 2.32. The number of anilines is 2. The first-order valence-electron chi connectivity index (χ1n) is 14.0. The van der Waals surface area contributed by atoms with Gasteiger partial charge in [0, 0.05) is 48.8 Å². The Morgan fingerprint density at radius 2 is 2.00 bits per heavy atom. The molecule has 2 aromatic heterocycles. The van der Waals surface area contributed by atoms with Gasteiger partial charge < -0.3 is 31.1 Å². The molecule has 14 heteroatoms. The Morgan fingerprint density at radius 1 is 1.18 bits per heavy atom. The molecule has 2 atom stereocenters. The van der Waals surface area contributed by atoms with Crippen molar-refractivity contribution in [1.29, 1.82) is 5.26 Å². The average molecular weight is 605 g/mol. The van der Waals surface area contributed by atoms with Gasteiger partial charge in [-0.1, -0.05) is 6.92 Å². The molecule has 1 fully saturated rings. The van der Waals surface area contributed by atoms with Crippen molar-refractivity contribution in [1.82, 2.24) is 30.3 Å². The Hall–Kier alpha value is -5.13. The largest absolute Gasteiger partial charge is 0.476 e. The number of nitrogens with zero attached hydrogens (tertiary/aromatic N) is 4. The highest BCUT2D eigenvalue weighted by molar-refractivity contribution is 5.96. The van der Waals surface area contributed by atoms with Crippen LogP contribution in [0.25, 0.3) is 16.9 Å². The van der Waals surface area contributed by atoms with Crippen LogP contribution >= 0.6 is 0 Å². The van der Waals surface area contributed by atoms with Crippen molar-refractivity contribution in [3.05, 3.63) is 71.7 Å². The van der Waals surface area contributed by atoms with E-state index in [1.165, 1.54) is 24.5 Å². The van der Waals surface area contributed by atoms with E-state index in [0.717, 1.165) is 5.56 Å². The maximum atomic E-state index is 15.0. The molecule has 0 unspecified atom stereocenters. The van der Waals surface area contributed by atoms with E-state index in [1.807, 2.05) is 13.0 Å². The number of hydrogen-bond donors (Lipinski definition) is 5. The van der Waals surface area contributed by atoms with E-state index in [2.05, 4.69) is 31.2 Å². The van der Waals surface area contributed by atoms with Crippen LogP contribution in [0.1, 0.15) is 29.3 Å². The average Bonchev–Trinajstić information content (AvgIpc) is 3.67. The van der Waals surface area contributed by atoms with Gasteiger partial charge in [0.15, 0.2) is 29.6 Å². The molecule has 12 nitrogen and oxygen atoms in total. The first kappa shape index (κ1) is 30.3. The van der Waals surface area contributed by atoms with Gasteiger partial charge in [0.05, 0.1) is 24.0 Å². The molecule has 4 aromatic rings. The molecular formula is C30H30F2N8O4. The summed E-state index contributed by atoms with van der Waals surface area (Å²) in [6.07, 6.45) is 4.85. The highest BCUT2D eigenvalue weighted by Gasteiger charge is 2.27. The number of fused-ring (bicyclic) bond motifs is 1. The maximum Gasteiger partial charge on any atom is 0.251 e. The number of amides is 2. The van der Waals surface area contributed by atoms with Crippen LogP contribution in [0.15, 0.2) is 48.9 Å². The van der Waals surface area contributed by atoms with E-state index >= 15 is 0 Å². The third-order valence-electron chi connectivity index (χ3n) is 7.17. The Morgan fingerprint density at radius 3 is 2.75 bits per heavy atom. The van der Waals surface area contributed by atoms with Crippen molar-refractivity contribution < 1.29 is 28.2 Å². The summed E-state index contributed by atoms with van der Waals surface area (Å²) in [6, 6.07) is 9.11. The summed E-state index contributed by atoms with van der Waals surface area (Å²) in [5.41, 5.74) is 2.48. The number of hydrogen-bond acceptors (Lipinski definition) is 9. The van der Waals surface area contributed by atoms with E-state index in [-0.39, 0.29) is 41.9 Å². The monoisotopic (exact) mass is 604 g/mol. The molecule has 0 radical (unpaired) electrons. The summed E-state index contributed by atoms with van der Waals surface area (Å²) in [5.74, 6) is -2.85. The zero-order chi connectivity index (χ0) is 31.2. The minimum atomic E-state index is -1.21. The number of halogens is 2. The summed E-state index contributed by atoms with van der Waals surface area (Å²) in [7, 11) is 0. The van der Waals surface area contributed by atoms with Crippen molar-refractivity contribution >= 4 is 29.0 Å². The second kappa shape index (κ2) is 13.4. The molecule has 1 aliphatic rings. The minimum Gasteiger partial charge on any atom is -0.476 e. The number of nitrogens with one attached hydrogen (secondary N) is 4. The summed E-state index contributed by atoms with van der Waals surface area (Å²) in [5, 5.41) is 29.9. The third kappa shape index (κ3) is 6.43. The fraction of sp³-hybridized carbons (Fsp3) is 0.300. The van der Waals surface area contributed by atoms with Gasteiger partial charge >= 0.3 is 0 Å². The van der Waals surface area contributed by atoms with Gasteiger partial charge in [-0.05, 0) is 48.7 Å². The van der Waals surface area contributed by atoms with Crippen molar-refractivity contribution in [2.75, 3.05) is 31.6 Å². The van der Waals surface area contributed by atoms with Crippen LogP contribution in [0.3, 0.4) is 0 Å². The number of β-amino-alcohol motifs (C(OH)–C–C–N with tert-alkyl or cyclic N) is 1. The van der Waals surface area contributed by atoms with Crippen LogP contribution in [0.5, 0.6) is 5.75 Å². The summed E-state index contributed by atoms with van der Waals surface area (Å²) < 4.78 is 36.0. The van der Waals surface area contributed by atoms with Crippen molar-refractivity contribution in [2.45, 2.75) is 31.9 Å². The molecule has 3 heterocycles. The Balaban J connectivity index is 1.27. The fourth-order valence-electron chi connectivity index (χ4n) is 4.98. The number of nitriles is 1. The lowest BCUT2D eigenvalue weighted by atomic mass is 10.0. The molecule has 228 valence electrons. The normalized spacial score (nSPS) is 16.0. The van der Waals surface area contributed by atoms with Crippen LogP contribution in [-0.2, 0) is 11.2 Å². The fourth-order valence-corrected chi connectivity index (χ4v) is 4.98. The quantitative estimate of drug-likeness (QED) is 0.162. The van der Waals surface area contributed by atoms with Gasteiger partial charge in [0.2, 0.25) is 11.7 Å². The zero-order valence-corrected chi connectivity index (χ0v) is 23.7. The molecule has 44 heavy (non-hydrogen) atoms. The molecule has 0 spiro atoms. The molecule has 5 rings (SSSR count). The van der Waals surface area contributed by atoms with Crippen LogP contribution in [-0.4, -0.2) is 69.7 Å². The van der Waals surface area contributed by atoms with E-state index in [9.17, 15) is 23.5 Å². The lowest BCUT2D eigenvalue weighted by Crippen LogP contribution is -2.43. The number of carbonyl (C=O) groups is 2. The maximum absolute atomic E-state index is 15.0. The van der Waals surface area contributed by atoms with Gasteiger partial charge in [-0.2, -0.15) is 9.65 Å². The molecule has 0 aliphatic carbocycles. The van der Waals surface area contributed by atoms with E-state index < -0.39 is 30.4 Å². The van der Waals surface area contributed by atoms with E-state index in [1.54, 1.807) is 28.8 Å². The van der Waals surface area contributed by atoms with Gasteiger partial charge in [0.25, 0.3) is 5.91 Å². The van der Waals surface area contributed by atoms with Gasteiger partial charge in [0.1, 0.15) is 6.07 Å². The molecular weight excluding hydrogens is 574 g/mol. The first-order valence-corrected chi connectivity index (χ1v) is 14.0. The first-order chi connectivity index (χ1) is 21.3. The number of benzene rings is 2. The molecule has 1 saturated heterocycles. The smallest absolute Gasteiger partial charge is 0.251 e. The second-order valence-electron chi connectivity index (χ2n) is 10.0. The van der Waals surface area contributed by atoms with Gasteiger partial charge in [-0.25, -0.2) is 14.4 Å². The highest BCUT2D eigenvalue weighted by atomic mass is 19.2. The number of ether oxygens (including phenoxy) is 1. The third-order valence-corrected chi connectivity index (χ3v) is 7.17. The Kier molecular flexibility index (Phi) is 9.27. The van der Waals surface area contributed by atoms with Crippen LogP contribution in [0.2, 0.25) is 0 Å². The lowest BCUT2D eigenvalue weighted by Gasteiger charge is -2.14. The van der Waals surface area contributed by atoms with Crippen LogP contribution < -0.4 is 26.0 Å². The number of rotatable bonds is 11. The summed E-state index contributed by atoms with van der Waals surface area (Å²) in [4.78, 5) is 33.8.